The maximum absolute atomic E-state index is 13.3. The second-order valence-corrected chi connectivity index (χ2v) is 9.42. The van der Waals surface area contributed by atoms with Crippen molar-refractivity contribution in [3.8, 4) is 11.1 Å². The van der Waals surface area contributed by atoms with Crippen molar-refractivity contribution in [3.05, 3.63) is 84.6 Å². The summed E-state index contributed by atoms with van der Waals surface area (Å²) in [6.45, 7) is 5.67. The van der Waals surface area contributed by atoms with Crippen LogP contribution in [0.2, 0.25) is 0 Å². The second kappa shape index (κ2) is 10.2. The van der Waals surface area contributed by atoms with Gasteiger partial charge in [-0.05, 0) is 29.3 Å². The molecule has 1 fully saturated rings. The average Bonchev–Trinajstić information content (AvgIpc) is 3.61. The van der Waals surface area contributed by atoms with Crippen LogP contribution in [0.1, 0.15) is 24.0 Å². The lowest BCUT2D eigenvalue weighted by atomic mass is 9.95. The Balaban J connectivity index is 1.14. The first-order valence-corrected chi connectivity index (χ1v) is 12.6. The summed E-state index contributed by atoms with van der Waals surface area (Å²) in [6, 6.07) is 8.64. The van der Waals surface area contributed by atoms with Crippen molar-refractivity contribution < 1.29 is 9.50 Å². The zero-order valence-electron chi connectivity index (χ0n) is 21.0. The van der Waals surface area contributed by atoms with E-state index >= 15 is 0 Å². The van der Waals surface area contributed by atoms with E-state index in [1.54, 1.807) is 29.3 Å². The van der Waals surface area contributed by atoms with E-state index < -0.39 is 0 Å². The van der Waals surface area contributed by atoms with Gasteiger partial charge in [0.1, 0.15) is 17.7 Å². The summed E-state index contributed by atoms with van der Waals surface area (Å²) in [5.74, 6) is 1.44. The Morgan fingerprint density at radius 3 is 2.34 bits per heavy atom. The molecule has 0 radical (unpaired) electrons. The number of aromatic nitrogens is 7. The van der Waals surface area contributed by atoms with Crippen molar-refractivity contribution in [3.63, 3.8) is 0 Å². The number of aliphatic hydroxyl groups is 1. The summed E-state index contributed by atoms with van der Waals surface area (Å²) < 4.78 is 16.8. The van der Waals surface area contributed by atoms with Crippen LogP contribution in [0.5, 0.6) is 0 Å². The molecule has 0 spiro atoms. The third-order valence-electron chi connectivity index (χ3n) is 7.07. The lowest BCUT2D eigenvalue weighted by Gasteiger charge is -2.35. The molecule has 38 heavy (non-hydrogen) atoms. The van der Waals surface area contributed by atoms with Crippen molar-refractivity contribution in [1.29, 1.82) is 0 Å². The monoisotopic (exact) mass is 513 g/mol. The normalized spacial score (nSPS) is 14.8. The highest BCUT2D eigenvalue weighted by Gasteiger charge is 2.23. The molecule has 1 aliphatic rings. The van der Waals surface area contributed by atoms with Crippen LogP contribution in [0.4, 0.5) is 16.2 Å². The predicted octanol–water partition coefficient (Wildman–Crippen LogP) is 2.99. The van der Waals surface area contributed by atoms with Gasteiger partial charge < -0.3 is 14.9 Å². The van der Waals surface area contributed by atoms with E-state index in [2.05, 4.69) is 47.9 Å². The number of hydrogen-bond acceptors (Lipinski definition) is 8. The lowest BCUT2D eigenvalue weighted by Crippen LogP contribution is -2.47. The smallest absolute Gasteiger partial charge is 0.225 e. The number of nitrogens with zero attached hydrogens (tertiary/aromatic N) is 9. The third kappa shape index (κ3) is 4.68. The molecule has 11 heteroatoms. The van der Waals surface area contributed by atoms with Crippen LogP contribution in [0, 0.1) is 5.82 Å². The summed E-state index contributed by atoms with van der Waals surface area (Å²) >= 11 is 0. The highest BCUT2D eigenvalue weighted by molar-refractivity contribution is 5.77. The fourth-order valence-electron chi connectivity index (χ4n) is 4.84. The summed E-state index contributed by atoms with van der Waals surface area (Å²) in [4.78, 5) is 18.3. The molecule has 5 aromatic rings. The SMILES string of the molecule is CC(c1ccc(F)cc1)c1cnc(N2CCN(c3ncnn4cc(-c5cnn(CCO)c5)cc34)CC2)nc1. The van der Waals surface area contributed by atoms with Crippen molar-refractivity contribution in [2.75, 3.05) is 42.6 Å². The minimum atomic E-state index is -0.238. The molecule has 0 amide bonds. The van der Waals surface area contributed by atoms with Crippen molar-refractivity contribution in [2.24, 2.45) is 0 Å². The number of aliphatic hydroxyl groups excluding tert-OH is 1. The predicted molar refractivity (Wildman–Crippen MR) is 142 cm³/mol. The first kappa shape index (κ1) is 24.0. The first-order chi connectivity index (χ1) is 18.6. The number of benzene rings is 1. The fourth-order valence-corrected chi connectivity index (χ4v) is 4.84. The molecule has 0 bridgehead atoms. The zero-order chi connectivity index (χ0) is 26.1. The van der Waals surface area contributed by atoms with E-state index in [9.17, 15) is 4.39 Å². The van der Waals surface area contributed by atoms with Crippen molar-refractivity contribution >= 4 is 17.3 Å². The molecule has 1 N–H and O–H groups in total. The Bertz CT molecular complexity index is 1520. The van der Waals surface area contributed by atoms with Gasteiger partial charge in [0.25, 0.3) is 0 Å². The average molecular weight is 514 g/mol. The molecule has 1 unspecified atom stereocenters. The molecule has 1 aliphatic heterocycles. The number of rotatable bonds is 7. The van der Waals surface area contributed by atoms with Crippen LogP contribution >= 0.6 is 0 Å². The summed E-state index contributed by atoms with van der Waals surface area (Å²) in [6.07, 6.45) is 11.0. The van der Waals surface area contributed by atoms with E-state index in [1.807, 2.05) is 29.3 Å². The van der Waals surface area contributed by atoms with Gasteiger partial charge in [0.2, 0.25) is 5.95 Å². The van der Waals surface area contributed by atoms with Crippen LogP contribution < -0.4 is 9.80 Å². The van der Waals surface area contributed by atoms with Gasteiger partial charge in [-0.15, -0.1) is 0 Å². The lowest BCUT2D eigenvalue weighted by molar-refractivity contribution is 0.269. The van der Waals surface area contributed by atoms with E-state index in [-0.39, 0.29) is 18.3 Å². The minimum absolute atomic E-state index is 0.0464. The molecule has 6 rings (SSSR count). The molecular formula is C27H28FN9O. The van der Waals surface area contributed by atoms with Crippen molar-refractivity contribution in [2.45, 2.75) is 19.4 Å². The van der Waals surface area contributed by atoms with Gasteiger partial charge in [-0.1, -0.05) is 19.1 Å². The highest BCUT2D eigenvalue weighted by Crippen LogP contribution is 2.28. The van der Waals surface area contributed by atoms with Gasteiger partial charge >= 0.3 is 0 Å². The topological polar surface area (TPSA) is 100 Å². The zero-order valence-corrected chi connectivity index (χ0v) is 21.0. The Hall–Kier alpha value is -4.38. The van der Waals surface area contributed by atoms with E-state index in [0.29, 0.717) is 12.5 Å². The number of piperazine rings is 1. The largest absolute Gasteiger partial charge is 0.394 e. The highest BCUT2D eigenvalue weighted by atomic mass is 19.1. The fraction of sp³-hybridized carbons (Fsp3) is 0.296. The first-order valence-electron chi connectivity index (χ1n) is 12.6. The Labute approximate surface area is 219 Å². The molecule has 1 atom stereocenters. The molecule has 0 aliphatic carbocycles. The van der Waals surface area contributed by atoms with Crippen LogP contribution in [-0.2, 0) is 6.54 Å². The molecule has 0 saturated carbocycles. The van der Waals surface area contributed by atoms with E-state index in [0.717, 1.165) is 59.8 Å². The molecule has 1 aromatic carbocycles. The standard InChI is InChI=1S/C27H28FN9O/c1-19(20-2-4-24(28)5-3-20)22-13-29-27(30-14-22)35-8-6-34(7-9-35)26-25-12-21(17-37(25)33-18-31-26)23-15-32-36(16-23)10-11-38/h2-5,12-19,38H,6-11H2,1H3. The quantitative estimate of drug-likeness (QED) is 0.355. The second-order valence-electron chi connectivity index (χ2n) is 9.42. The van der Waals surface area contributed by atoms with Gasteiger partial charge in [-0.2, -0.15) is 10.2 Å². The van der Waals surface area contributed by atoms with Gasteiger partial charge in [0.15, 0.2) is 5.82 Å². The van der Waals surface area contributed by atoms with Gasteiger partial charge in [-0.25, -0.2) is 23.9 Å². The van der Waals surface area contributed by atoms with Crippen LogP contribution in [0.25, 0.3) is 16.6 Å². The number of fused-ring (bicyclic) bond motifs is 1. The van der Waals surface area contributed by atoms with Gasteiger partial charge in [0.05, 0.1) is 19.3 Å². The molecule has 194 valence electrons. The van der Waals surface area contributed by atoms with Gasteiger partial charge in [0, 0.05) is 68.0 Å². The van der Waals surface area contributed by atoms with Crippen molar-refractivity contribution in [1.82, 2.24) is 34.3 Å². The molecule has 4 aromatic heterocycles. The Morgan fingerprint density at radius 1 is 0.868 bits per heavy atom. The number of hydrogen-bond donors (Lipinski definition) is 1. The summed E-state index contributed by atoms with van der Waals surface area (Å²) in [7, 11) is 0. The molecule has 1 saturated heterocycles. The minimum Gasteiger partial charge on any atom is -0.394 e. The van der Waals surface area contributed by atoms with Crippen LogP contribution in [-0.4, -0.2) is 72.2 Å². The van der Waals surface area contributed by atoms with Crippen LogP contribution in [0.3, 0.4) is 0 Å². The maximum Gasteiger partial charge on any atom is 0.225 e. The summed E-state index contributed by atoms with van der Waals surface area (Å²) in [5.41, 5.74) is 4.92. The number of halogens is 1. The Morgan fingerprint density at radius 2 is 1.61 bits per heavy atom. The Kier molecular flexibility index (Phi) is 6.42. The molecule has 5 heterocycles. The third-order valence-corrected chi connectivity index (χ3v) is 7.07. The van der Waals surface area contributed by atoms with E-state index in [1.165, 1.54) is 12.1 Å². The van der Waals surface area contributed by atoms with Crippen LogP contribution in [0.15, 0.2) is 67.6 Å². The number of anilines is 2. The molecular weight excluding hydrogens is 485 g/mol. The summed E-state index contributed by atoms with van der Waals surface area (Å²) in [5, 5.41) is 17.9. The van der Waals surface area contributed by atoms with Gasteiger partial charge in [-0.3, -0.25) is 4.68 Å². The molecule has 10 nitrogen and oxygen atoms in total. The van der Waals surface area contributed by atoms with E-state index in [4.69, 9.17) is 5.11 Å². The maximum atomic E-state index is 13.3.